The quantitative estimate of drug-likeness (QED) is 0.713. The highest BCUT2D eigenvalue weighted by molar-refractivity contribution is 7.13. The summed E-state index contributed by atoms with van der Waals surface area (Å²) < 4.78 is 5.63. The molecule has 2 fully saturated rings. The molecular weight excluding hydrogens is 352 g/mol. The molecule has 2 atom stereocenters. The molecule has 0 aromatic carbocycles. The van der Waals surface area contributed by atoms with Gasteiger partial charge in [-0.3, -0.25) is 9.59 Å². The molecule has 1 amide bonds. The average Bonchev–Trinajstić information content (AvgIpc) is 3.31. The second-order valence-electron chi connectivity index (χ2n) is 7.41. The van der Waals surface area contributed by atoms with Crippen LogP contribution in [0.1, 0.15) is 85.0 Å². The van der Waals surface area contributed by atoms with E-state index < -0.39 is 5.97 Å². The first-order valence-corrected chi connectivity index (χ1v) is 10.5. The number of thiazole rings is 1. The van der Waals surface area contributed by atoms with Gasteiger partial charge < -0.3 is 15.2 Å². The number of rotatable bonds is 8. The SMILES string of the molecule is O=C(O)CCC(CC1CCCCC1)NC(=O)c1cnc(C2CCCO2)s1. The summed E-state index contributed by atoms with van der Waals surface area (Å²) in [4.78, 5) is 28.5. The van der Waals surface area contributed by atoms with Crippen LogP contribution in [0.15, 0.2) is 6.20 Å². The Bertz CT molecular complexity index is 606. The predicted molar refractivity (Wildman–Crippen MR) is 99.4 cm³/mol. The molecule has 1 saturated carbocycles. The Balaban J connectivity index is 1.58. The van der Waals surface area contributed by atoms with Gasteiger partial charge in [0.15, 0.2) is 0 Å². The maximum atomic E-state index is 12.6. The molecule has 0 radical (unpaired) electrons. The van der Waals surface area contributed by atoms with Crippen molar-refractivity contribution >= 4 is 23.2 Å². The Morgan fingerprint density at radius 3 is 2.77 bits per heavy atom. The zero-order valence-electron chi connectivity index (χ0n) is 15.1. The van der Waals surface area contributed by atoms with E-state index in [9.17, 15) is 9.59 Å². The number of aliphatic carboxylic acids is 1. The second kappa shape index (κ2) is 9.46. The predicted octanol–water partition coefficient (Wildman–Crippen LogP) is 3.93. The van der Waals surface area contributed by atoms with Crippen LogP contribution in [0, 0.1) is 5.92 Å². The number of carboxylic acid groups (broad SMARTS) is 1. The summed E-state index contributed by atoms with van der Waals surface area (Å²) in [6.07, 6.45) is 11.2. The molecule has 1 aliphatic carbocycles. The van der Waals surface area contributed by atoms with Crippen molar-refractivity contribution in [1.29, 1.82) is 0 Å². The summed E-state index contributed by atoms with van der Waals surface area (Å²) in [7, 11) is 0. The van der Waals surface area contributed by atoms with Crippen molar-refractivity contribution in [2.75, 3.05) is 6.61 Å². The third-order valence-corrected chi connectivity index (χ3v) is 6.43. The van der Waals surface area contributed by atoms with Gasteiger partial charge in [-0.1, -0.05) is 32.1 Å². The third kappa shape index (κ3) is 5.51. The Morgan fingerprint density at radius 2 is 2.08 bits per heavy atom. The minimum absolute atomic E-state index is 0.0200. The Labute approximate surface area is 158 Å². The molecule has 2 unspecified atom stereocenters. The molecule has 0 spiro atoms. The van der Waals surface area contributed by atoms with Crippen molar-refractivity contribution in [3.8, 4) is 0 Å². The van der Waals surface area contributed by atoms with E-state index in [1.165, 1.54) is 43.4 Å². The number of nitrogens with zero attached hydrogens (tertiary/aromatic N) is 1. The number of carbonyl (C=O) groups is 2. The molecule has 2 N–H and O–H groups in total. The van der Waals surface area contributed by atoms with E-state index in [1.807, 2.05) is 0 Å². The minimum atomic E-state index is -0.814. The number of ether oxygens (including phenoxy) is 1. The molecule has 7 heteroatoms. The Kier molecular flexibility index (Phi) is 7.02. The van der Waals surface area contributed by atoms with Gasteiger partial charge in [0.1, 0.15) is 16.0 Å². The van der Waals surface area contributed by atoms with Crippen LogP contribution in [-0.4, -0.2) is 34.6 Å². The summed E-state index contributed by atoms with van der Waals surface area (Å²) >= 11 is 1.39. The van der Waals surface area contributed by atoms with E-state index >= 15 is 0 Å². The van der Waals surface area contributed by atoms with Gasteiger partial charge in [-0.15, -0.1) is 11.3 Å². The van der Waals surface area contributed by atoms with Gasteiger partial charge in [0, 0.05) is 19.1 Å². The summed E-state index contributed by atoms with van der Waals surface area (Å²) in [5, 5.41) is 12.9. The van der Waals surface area contributed by atoms with Crippen molar-refractivity contribution in [3.63, 3.8) is 0 Å². The van der Waals surface area contributed by atoms with Crippen LogP contribution < -0.4 is 5.32 Å². The van der Waals surface area contributed by atoms with E-state index in [1.54, 1.807) is 6.20 Å². The normalized spacial score (nSPS) is 22.2. The summed E-state index contributed by atoms with van der Waals surface area (Å²) in [6.45, 7) is 0.754. The van der Waals surface area contributed by atoms with Crippen LogP contribution in [0.2, 0.25) is 0 Å². The fourth-order valence-corrected chi connectivity index (χ4v) is 4.85. The lowest BCUT2D eigenvalue weighted by Crippen LogP contribution is -2.36. The van der Waals surface area contributed by atoms with Crippen LogP contribution in [0.25, 0.3) is 0 Å². The third-order valence-electron chi connectivity index (χ3n) is 5.34. The van der Waals surface area contributed by atoms with Crippen molar-refractivity contribution in [2.45, 2.75) is 76.4 Å². The van der Waals surface area contributed by atoms with Crippen molar-refractivity contribution < 1.29 is 19.4 Å². The first kappa shape index (κ1) is 19.3. The summed E-state index contributed by atoms with van der Waals surface area (Å²) in [5.41, 5.74) is 0. The number of carboxylic acids is 1. The van der Waals surface area contributed by atoms with Crippen LogP contribution in [0.5, 0.6) is 0 Å². The topological polar surface area (TPSA) is 88.5 Å². The zero-order valence-corrected chi connectivity index (χ0v) is 15.9. The lowest BCUT2D eigenvalue weighted by atomic mass is 9.84. The van der Waals surface area contributed by atoms with Gasteiger partial charge in [-0.25, -0.2) is 4.98 Å². The van der Waals surface area contributed by atoms with Gasteiger partial charge in [0.05, 0.1) is 6.20 Å². The van der Waals surface area contributed by atoms with Crippen molar-refractivity contribution in [3.05, 3.63) is 16.1 Å². The lowest BCUT2D eigenvalue weighted by Gasteiger charge is -2.27. The van der Waals surface area contributed by atoms with Gasteiger partial charge in [-0.2, -0.15) is 0 Å². The maximum Gasteiger partial charge on any atom is 0.303 e. The highest BCUT2D eigenvalue weighted by Crippen LogP contribution is 2.32. The summed E-state index contributed by atoms with van der Waals surface area (Å²) in [5.74, 6) is -0.365. The molecule has 1 aromatic rings. The highest BCUT2D eigenvalue weighted by atomic mass is 32.1. The Morgan fingerprint density at radius 1 is 1.27 bits per heavy atom. The summed E-state index contributed by atoms with van der Waals surface area (Å²) in [6, 6.07) is -0.0880. The smallest absolute Gasteiger partial charge is 0.303 e. The molecule has 2 aliphatic rings. The van der Waals surface area contributed by atoms with Gasteiger partial charge in [0.25, 0.3) is 5.91 Å². The molecular formula is C19H28N2O4S. The number of hydrogen-bond acceptors (Lipinski definition) is 5. The first-order valence-electron chi connectivity index (χ1n) is 9.72. The van der Waals surface area contributed by atoms with Crippen LogP contribution in [0.3, 0.4) is 0 Å². The number of aromatic nitrogens is 1. The fourth-order valence-electron chi connectivity index (χ4n) is 3.94. The Hall–Kier alpha value is -1.47. The van der Waals surface area contributed by atoms with Crippen LogP contribution in [0.4, 0.5) is 0 Å². The van der Waals surface area contributed by atoms with E-state index in [2.05, 4.69) is 10.3 Å². The number of carbonyl (C=O) groups excluding carboxylic acids is 1. The largest absolute Gasteiger partial charge is 0.481 e. The molecule has 1 aliphatic heterocycles. The molecule has 3 rings (SSSR count). The molecule has 0 bridgehead atoms. The van der Waals surface area contributed by atoms with Crippen molar-refractivity contribution in [1.82, 2.24) is 10.3 Å². The standard InChI is InChI=1S/C19H28N2O4S/c22-17(23)9-8-14(11-13-5-2-1-3-6-13)21-18(24)16-12-20-19(26-16)15-7-4-10-25-15/h12-15H,1-11H2,(H,21,24)(H,22,23). The molecule has 2 heterocycles. The van der Waals surface area contributed by atoms with Gasteiger partial charge >= 0.3 is 5.97 Å². The van der Waals surface area contributed by atoms with Gasteiger partial charge in [0.2, 0.25) is 0 Å². The molecule has 6 nitrogen and oxygen atoms in total. The minimum Gasteiger partial charge on any atom is -0.481 e. The van der Waals surface area contributed by atoms with E-state index in [-0.39, 0.29) is 24.5 Å². The lowest BCUT2D eigenvalue weighted by molar-refractivity contribution is -0.137. The number of nitrogens with one attached hydrogen (secondary N) is 1. The second-order valence-corrected chi connectivity index (χ2v) is 8.47. The van der Waals surface area contributed by atoms with Crippen molar-refractivity contribution in [2.24, 2.45) is 5.92 Å². The maximum absolute atomic E-state index is 12.6. The monoisotopic (exact) mass is 380 g/mol. The molecule has 1 aromatic heterocycles. The average molecular weight is 381 g/mol. The van der Waals surface area contributed by atoms with E-state index in [0.29, 0.717) is 17.2 Å². The van der Waals surface area contributed by atoms with Gasteiger partial charge in [-0.05, 0) is 31.6 Å². The number of amides is 1. The highest BCUT2D eigenvalue weighted by Gasteiger charge is 2.25. The molecule has 26 heavy (non-hydrogen) atoms. The van der Waals surface area contributed by atoms with E-state index in [4.69, 9.17) is 9.84 Å². The van der Waals surface area contributed by atoms with E-state index in [0.717, 1.165) is 30.9 Å². The molecule has 144 valence electrons. The molecule has 1 saturated heterocycles. The first-order chi connectivity index (χ1) is 12.6. The van der Waals surface area contributed by atoms with Crippen LogP contribution >= 0.6 is 11.3 Å². The zero-order chi connectivity index (χ0) is 18.4. The number of hydrogen-bond donors (Lipinski definition) is 2. The fraction of sp³-hybridized carbons (Fsp3) is 0.737. The van der Waals surface area contributed by atoms with Crippen LogP contribution in [-0.2, 0) is 9.53 Å².